The van der Waals surface area contributed by atoms with E-state index in [-0.39, 0.29) is 0 Å². The van der Waals surface area contributed by atoms with E-state index in [0.29, 0.717) is 0 Å². The van der Waals surface area contributed by atoms with Gasteiger partial charge < -0.3 is 10.6 Å². The highest BCUT2D eigenvalue weighted by atomic mass is 15.0. The maximum Gasteiger partial charge on any atom is 0.0195 e. The van der Waals surface area contributed by atoms with E-state index in [1.165, 1.54) is 51.5 Å². The second-order valence-corrected chi connectivity index (χ2v) is 5.09. The third-order valence-electron chi connectivity index (χ3n) is 3.72. The van der Waals surface area contributed by atoms with Gasteiger partial charge in [0.1, 0.15) is 0 Å². The fourth-order valence-corrected chi connectivity index (χ4v) is 2.84. The lowest BCUT2D eigenvalue weighted by atomic mass is 9.99. The molecular formula is C12H24N2. The standard InChI is InChI=1S/C12H24N2/c1-10-5-4-8-12(14-10)9-13-11-6-2-3-7-11/h10-14H,2-9H2,1H3. The highest BCUT2D eigenvalue weighted by Crippen LogP contribution is 2.18. The summed E-state index contributed by atoms with van der Waals surface area (Å²) in [4.78, 5) is 0. The Labute approximate surface area is 87.8 Å². The molecule has 2 nitrogen and oxygen atoms in total. The van der Waals surface area contributed by atoms with E-state index in [4.69, 9.17) is 0 Å². The number of hydrogen-bond acceptors (Lipinski definition) is 2. The zero-order chi connectivity index (χ0) is 9.80. The van der Waals surface area contributed by atoms with Crippen LogP contribution >= 0.6 is 0 Å². The second-order valence-electron chi connectivity index (χ2n) is 5.09. The molecule has 0 aromatic heterocycles. The zero-order valence-electron chi connectivity index (χ0n) is 9.39. The molecule has 1 saturated carbocycles. The first-order chi connectivity index (χ1) is 6.84. The lowest BCUT2D eigenvalue weighted by Gasteiger charge is -2.30. The van der Waals surface area contributed by atoms with Crippen molar-refractivity contribution in [1.29, 1.82) is 0 Å². The van der Waals surface area contributed by atoms with Gasteiger partial charge in [-0.1, -0.05) is 19.3 Å². The largest absolute Gasteiger partial charge is 0.312 e. The van der Waals surface area contributed by atoms with E-state index in [9.17, 15) is 0 Å². The molecule has 1 aliphatic heterocycles. The van der Waals surface area contributed by atoms with Crippen molar-refractivity contribution in [3.8, 4) is 0 Å². The molecule has 0 radical (unpaired) electrons. The summed E-state index contributed by atoms with van der Waals surface area (Å²) in [7, 11) is 0. The number of hydrogen-bond donors (Lipinski definition) is 2. The van der Waals surface area contributed by atoms with Crippen LogP contribution in [0.25, 0.3) is 0 Å². The van der Waals surface area contributed by atoms with Crippen LogP contribution in [-0.2, 0) is 0 Å². The van der Waals surface area contributed by atoms with E-state index in [0.717, 1.165) is 18.1 Å². The van der Waals surface area contributed by atoms with Crippen molar-refractivity contribution in [2.24, 2.45) is 0 Å². The Hall–Kier alpha value is -0.0800. The molecule has 1 heterocycles. The molecule has 0 amide bonds. The molecule has 14 heavy (non-hydrogen) atoms. The van der Waals surface area contributed by atoms with Crippen LogP contribution in [0.15, 0.2) is 0 Å². The van der Waals surface area contributed by atoms with Crippen LogP contribution in [0.1, 0.15) is 51.9 Å². The summed E-state index contributed by atoms with van der Waals surface area (Å²) in [5.74, 6) is 0. The number of nitrogens with one attached hydrogen (secondary N) is 2. The molecule has 0 aromatic rings. The van der Waals surface area contributed by atoms with Crippen LogP contribution in [-0.4, -0.2) is 24.7 Å². The Morgan fingerprint density at radius 2 is 1.86 bits per heavy atom. The molecule has 0 bridgehead atoms. The fraction of sp³-hybridized carbons (Fsp3) is 1.00. The van der Waals surface area contributed by atoms with E-state index in [2.05, 4.69) is 17.6 Å². The molecule has 1 aliphatic carbocycles. The Balaban J connectivity index is 1.64. The first-order valence-corrected chi connectivity index (χ1v) is 6.34. The Morgan fingerprint density at radius 1 is 1.07 bits per heavy atom. The highest BCUT2D eigenvalue weighted by Gasteiger charge is 2.20. The van der Waals surface area contributed by atoms with Gasteiger partial charge in [0.15, 0.2) is 0 Å². The first-order valence-electron chi connectivity index (χ1n) is 6.34. The minimum Gasteiger partial charge on any atom is -0.312 e. The SMILES string of the molecule is CC1CCCC(CNC2CCCC2)N1. The summed E-state index contributed by atoms with van der Waals surface area (Å²) in [6.07, 6.45) is 9.82. The van der Waals surface area contributed by atoms with Crippen molar-refractivity contribution in [2.75, 3.05) is 6.54 Å². The van der Waals surface area contributed by atoms with Gasteiger partial charge in [-0.05, 0) is 32.6 Å². The Kier molecular flexibility index (Phi) is 3.82. The van der Waals surface area contributed by atoms with E-state index in [1.807, 2.05) is 0 Å². The predicted octanol–water partition coefficient (Wildman–Crippen LogP) is 2.05. The summed E-state index contributed by atoms with van der Waals surface area (Å²) >= 11 is 0. The summed E-state index contributed by atoms with van der Waals surface area (Å²) < 4.78 is 0. The summed E-state index contributed by atoms with van der Waals surface area (Å²) in [6, 6.07) is 2.30. The summed E-state index contributed by atoms with van der Waals surface area (Å²) in [5, 5.41) is 7.39. The Bertz CT molecular complexity index is 164. The normalized spacial score (nSPS) is 34.9. The maximum absolute atomic E-state index is 3.71. The van der Waals surface area contributed by atoms with Gasteiger partial charge in [0.25, 0.3) is 0 Å². The molecule has 2 aliphatic rings. The van der Waals surface area contributed by atoms with Gasteiger partial charge in [-0.15, -0.1) is 0 Å². The van der Waals surface area contributed by atoms with Crippen molar-refractivity contribution < 1.29 is 0 Å². The first kappa shape index (κ1) is 10.4. The van der Waals surface area contributed by atoms with E-state index < -0.39 is 0 Å². The predicted molar refractivity (Wildman–Crippen MR) is 60.5 cm³/mol. The summed E-state index contributed by atoms with van der Waals surface area (Å²) in [6.45, 7) is 3.50. The molecule has 2 unspecified atom stereocenters. The molecule has 2 fully saturated rings. The van der Waals surface area contributed by atoms with Crippen molar-refractivity contribution in [3.05, 3.63) is 0 Å². The number of rotatable bonds is 3. The third kappa shape index (κ3) is 2.96. The van der Waals surface area contributed by atoms with Crippen LogP contribution in [0.2, 0.25) is 0 Å². The maximum atomic E-state index is 3.71. The molecule has 0 aromatic carbocycles. The van der Waals surface area contributed by atoms with Crippen LogP contribution in [0.3, 0.4) is 0 Å². The molecular weight excluding hydrogens is 172 g/mol. The van der Waals surface area contributed by atoms with Crippen molar-refractivity contribution >= 4 is 0 Å². The van der Waals surface area contributed by atoms with Gasteiger partial charge in [0, 0.05) is 24.7 Å². The molecule has 0 spiro atoms. The van der Waals surface area contributed by atoms with E-state index in [1.54, 1.807) is 0 Å². The quantitative estimate of drug-likeness (QED) is 0.722. The van der Waals surface area contributed by atoms with Crippen LogP contribution in [0, 0.1) is 0 Å². The van der Waals surface area contributed by atoms with Crippen LogP contribution in [0.5, 0.6) is 0 Å². The molecule has 2 atom stereocenters. The van der Waals surface area contributed by atoms with Crippen LogP contribution < -0.4 is 10.6 Å². The average Bonchev–Trinajstić information content (AvgIpc) is 2.67. The van der Waals surface area contributed by atoms with Gasteiger partial charge in [0.05, 0.1) is 0 Å². The summed E-state index contributed by atoms with van der Waals surface area (Å²) in [5.41, 5.74) is 0. The lowest BCUT2D eigenvalue weighted by molar-refractivity contribution is 0.315. The molecule has 2 N–H and O–H groups in total. The van der Waals surface area contributed by atoms with Gasteiger partial charge in [-0.25, -0.2) is 0 Å². The monoisotopic (exact) mass is 196 g/mol. The second kappa shape index (κ2) is 5.13. The lowest BCUT2D eigenvalue weighted by Crippen LogP contribution is -2.47. The molecule has 1 saturated heterocycles. The van der Waals surface area contributed by atoms with Gasteiger partial charge in [0.2, 0.25) is 0 Å². The molecule has 2 heteroatoms. The molecule has 2 rings (SSSR count). The molecule has 82 valence electrons. The van der Waals surface area contributed by atoms with Crippen molar-refractivity contribution in [3.63, 3.8) is 0 Å². The topological polar surface area (TPSA) is 24.1 Å². The number of piperidine rings is 1. The minimum absolute atomic E-state index is 0.735. The smallest absolute Gasteiger partial charge is 0.0195 e. The highest BCUT2D eigenvalue weighted by molar-refractivity contribution is 4.82. The van der Waals surface area contributed by atoms with E-state index >= 15 is 0 Å². The van der Waals surface area contributed by atoms with Gasteiger partial charge in [-0.3, -0.25) is 0 Å². The van der Waals surface area contributed by atoms with Gasteiger partial charge in [-0.2, -0.15) is 0 Å². The zero-order valence-corrected chi connectivity index (χ0v) is 9.39. The van der Waals surface area contributed by atoms with Crippen molar-refractivity contribution in [1.82, 2.24) is 10.6 Å². The average molecular weight is 196 g/mol. The Morgan fingerprint density at radius 3 is 2.57 bits per heavy atom. The van der Waals surface area contributed by atoms with Gasteiger partial charge >= 0.3 is 0 Å². The minimum atomic E-state index is 0.735. The van der Waals surface area contributed by atoms with Crippen molar-refractivity contribution in [2.45, 2.75) is 70.0 Å². The van der Waals surface area contributed by atoms with Crippen LogP contribution in [0.4, 0.5) is 0 Å². The third-order valence-corrected chi connectivity index (χ3v) is 3.72. The fourth-order valence-electron chi connectivity index (χ4n) is 2.84.